The lowest BCUT2D eigenvalue weighted by atomic mass is 10.1. The van der Waals surface area contributed by atoms with Crippen LogP contribution < -0.4 is 9.64 Å². The molecule has 4 nitrogen and oxygen atoms in total. The molecule has 4 heteroatoms. The summed E-state index contributed by atoms with van der Waals surface area (Å²) in [5.74, 6) is 0.687. The van der Waals surface area contributed by atoms with E-state index in [9.17, 15) is 9.90 Å². The van der Waals surface area contributed by atoms with Gasteiger partial charge < -0.3 is 14.7 Å². The van der Waals surface area contributed by atoms with Gasteiger partial charge in [0.25, 0.3) is 5.91 Å². The van der Waals surface area contributed by atoms with E-state index in [2.05, 4.69) is 0 Å². The number of nitrogens with zero attached hydrogens (tertiary/aromatic N) is 1. The Morgan fingerprint density at radius 3 is 2.35 bits per heavy atom. The highest BCUT2D eigenvalue weighted by atomic mass is 16.5. The van der Waals surface area contributed by atoms with Crippen molar-refractivity contribution < 1.29 is 14.6 Å². The molecule has 104 valence electrons. The van der Waals surface area contributed by atoms with E-state index in [1.54, 1.807) is 45.3 Å². The van der Waals surface area contributed by atoms with Crippen molar-refractivity contribution in [3.8, 4) is 11.5 Å². The lowest BCUT2D eigenvalue weighted by Gasteiger charge is -2.18. The zero-order chi connectivity index (χ0) is 14.7. The number of hydrogen-bond donors (Lipinski definition) is 1. The molecule has 0 bridgehead atoms. The maximum Gasteiger partial charge on any atom is 0.258 e. The first-order valence-electron chi connectivity index (χ1n) is 6.24. The van der Waals surface area contributed by atoms with Gasteiger partial charge in [-0.1, -0.05) is 6.07 Å². The number of carbonyl (C=O) groups excluding carboxylic acids is 1. The predicted molar refractivity (Wildman–Crippen MR) is 78.6 cm³/mol. The van der Waals surface area contributed by atoms with Crippen molar-refractivity contribution in [3.63, 3.8) is 0 Å². The fourth-order valence-electron chi connectivity index (χ4n) is 1.86. The third-order valence-corrected chi connectivity index (χ3v) is 3.22. The Hall–Kier alpha value is -2.49. The number of hydrogen-bond acceptors (Lipinski definition) is 3. The van der Waals surface area contributed by atoms with E-state index in [-0.39, 0.29) is 11.7 Å². The zero-order valence-corrected chi connectivity index (χ0v) is 11.8. The molecule has 20 heavy (non-hydrogen) atoms. The Labute approximate surface area is 118 Å². The molecule has 0 aliphatic rings. The summed E-state index contributed by atoms with van der Waals surface area (Å²) in [6.07, 6.45) is 0. The number of rotatable bonds is 3. The van der Waals surface area contributed by atoms with Crippen molar-refractivity contribution in [2.75, 3.05) is 19.1 Å². The van der Waals surface area contributed by atoms with Gasteiger partial charge in [-0.25, -0.2) is 0 Å². The first-order chi connectivity index (χ1) is 9.52. The van der Waals surface area contributed by atoms with Crippen molar-refractivity contribution in [3.05, 3.63) is 53.6 Å². The van der Waals surface area contributed by atoms with Gasteiger partial charge in [0.05, 0.1) is 7.11 Å². The van der Waals surface area contributed by atoms with Crippen molar-refractivity contribution in [1.82, 2.24) is 0 Å². The number of anilines is 1. The van der Waals surface area contributed by atoms with Crippen LogP contribution in [-0.4, -0.2) is 25.2 Å². The number of aryl methyl sites for hydroxylation is 1. The van der Waals surface area contributed by atoms with E-state index in [1.807, 2.05) is 12.1 Å². The molecule has 0 unspecified atom stereocenters. The highest BCUT2D eigenvalue weighted by molar-refractivity contribution is 6.06. The maximum absolute atomic E-state index is 12.3. The molecule has 2 aromatic carbocycles. The number of phenolic OH excluding ortho intramolecular Hbond substituents is 1. The molecule has 0 saturated carbocycles. The summed E-state index contributed by atoms with van der Waals surface area (Å²) < 4.78 is 5.09. The summed E-state index contributed by atoms with van der Waals surface area (Å²) >= 11 is 0. The van der Waals surface area contributed by atoms with Gasteiger partial charge in [0.2, 0.25) is 0 Å². The lowest BCUT2D eigenvalue weighted by molar-refractivity contribution is 0.0992. The highest BCUT2D eigenvalue weighted by Gasteiger charge is 2.14. The summed E-state index contributed by atoms with van der Waals surface area (Å²) in [7, 11) is 3.29. The Bertz CT molecular complexity index is 620. The third-order valence-electron chi connectivity index (χ3n) is 3.22. The van der Waals surface area contributed by atoms with Gasteiger partial charge >= 0.3 is 0 Å². The molecule has 0 aliphatic heterocycles. The van der Waals surface area contributed by atoms with Crippen molar-refractivity contribution in [2.24, 2.45) is 0 Å². The molecule has 2 aromatic rings. The average molecular weight is 271 g/mol. The summed E-state index contributed by atoms with van der Waals surface area (Å²) in [4.78, 5) is 13.9. The number of aromatic hydroxyl groups is 1. The Balaban J connectivity index is 2.24. The predicted octanol–water partition coefficient (Wildman–Crippen LogP) is 2.99. The van der Waals surface area contributed by atoms with Gasteiger partial charge in [0.15, 0.2) is 0 Å². The minimum absolute atomic E-state index is 0.124. The number of ether oxygens (including phenoxy) is 1. The van der Waals surface area contributed by atoms with Crippen LogP contribution in [0.5, 0.6) is 11.5 Å². The maximum atomic E-state index is 12.3. The number of phenols is 1. The minimum Gasteiger partial charge on any atom is -0.508 e. The smallest absolute Gasteiger partial charge is 0.258 e. The van der Waals surface area contributed by atoms with Gasteiger partial charge in [-0.05, 0) is 48.9 Å². The van der Waals surface area contributed by atoms with Crippen LogP contribution in [0.2, 0.25) is 0 Å². The third kappa shape index (κ3) is 2.74. The quantitative estimate of drug-likeness (QED) is 0.933. The van der Waals surface area contributed by atoms with Crippen LogP contribution in [0, 0.1) is 6.92 Å². The molecule has 0 saturated heterocycles. The summed E-state index contributed by atoms with van der Waals surface area (Å²) in [5.41, 5.74) is 1.95. The Kier molecular flexibility index (Phi) is 3.94. The fourth-order valence-corrected chi connectivity index (χ4v) is 1.86. The van der Waals surface area contributed by atoms with Crippen LogP contribution in [0.1, 0.15) is 15.9 Å². The largest absolute Gasteiger partial charge is 0.508 e. The van der Waals surface area contributed by atoms with E-state index in [1.165, 1.54) is 11.0 Å². The van der Waals surface area contributed by atoms with Crippen LogP contribution >= 0.6 is 0 Å². The van der Waals surface area contributed by atoms with Gasteiger partial charge in [-0.3, -0.25) is 4.79 Å². The van der Waals surface area contributed by atoms with Crippen LogP contribution in [0.15, 0.2) is 42.5 Å². The van der Waals surface area contributed by atoms with Crippen LogP contribution in [-0.2, 0) is 0 Å². The first-order valence-corrected chi connectivity index (χ1v) is 6.24. The molecule has 0 fully saturated rings. The number of carbonyl (C=O) groups is 1. The molecule has 0 heterocycles. The minimum atomic E-state index is -0.175. The van der Waals surface area contributed by atoms with Crippen molar-refractivity contribution in [1.29, 1.82) is 0 Å². The second-order valence-electron chi connectivity index (χ2n) is 4.56. The SMILES string of the molecule is COc1ccc(N(C)C(=O)c2ccc(C)c(O)c2)cc1. The van der Waals surface area contributed by atoms with Crippen molar-refractivity contribution >= 4 is 11.6 Å². The van der Waals surface area contributed by atoms with Gasteiger partial charge in [-0.15, -0.1) is 0 Å². The van der Waals surface area contributed by atoms with Crippen LogP contribution in [0.25, 0.3) is 0 Å². The first kappa shape index (κ1) is 13.9. The fraction of sp³-hybridized carbons (Fsp3) is 0.188. The molecule has 0 radical (unpaired) electrons. The van der Waals surface area contributed by atoms with E-state index in [0.717, 1.165) is 17.0 Å². The topological polar surface area (TPSA) is 49.8 Å². The molecule has 1 N–H and O–H groups in total. The summed E-state index contributed by atoms with van der Waals surface area (Å²) in [6, 6.07) is 12.1. The zero-order valence-electron chi connectivity index (χ0n) is 11.8. The number of methoxy groups -OCH3 is 1. The monoisotopic (exact) mass is 271 g/mol. The highest BCUT2D eigenvalue weighted by Crippen LogP contribution is 2.22. The van der Waals surface area contributed by atoms with Gasteiger partial charge in [-0.2, -0.15) is 0 Å². The Morgan fingerprint density at radius 1 is 1.15 bits per heavy atom. The molecule has 2 rings (SSSR count). The molecular weight excluding hydrogens is 254 g/mol. The molecule has 0 atom stereocenters. The molecule has 0 spiro atoms. The standard InChI is InChI=1S/C16H17NO3/c1-11-4-5-12(10-15(11)18)16(19)17(2)13-6-8-14(20-3)9-7-13/h4-10,18H,1-3H3. The van der Waals surface area contributed by atoms with E-state index < -0.39 is 0 Å². The van der Waals surface area contributed by atoms with Crippen molar-refractivity contribution in [2.45, 2.75) is 6.92 Å². The average Bonchev–Trinajstić information content (AvgIpc) is 2.48. The molecular formula is C16H17NO3. The Morgan fingerprint density at radius 2 is 1.80 bits per heavy atom. The number of amides is 1. The lowest BCUT2D eigenvalue weighted by Crippen LogP contribution is -2.26. The van der Waals surface area contributed by atoms with Crippen LogP contribution in [0.4, 0.5) is 5.69 Å². The van der Waals surface area contributed by atoms with E-state index in [4.69, 9.17) is 4.74 Å². The van der Waals surface area contributed by atoms with Gasteiger partial charge in [0, 0.05) is 18.3 Å². The van der Waals surface area contributed by atoms with E-state index >= 15 is 0 Å². The van der Waals surface area contributed by atoms with E-state index in [0.29, 0.717) is 5.56 Å². The molecule has 0 aromatic heterocycles. The second kappa shape index (κ2) is 5.65. The molecule has 0 aliphatic carbocycles. The number of benzene rings is 2. The van der Waals surface area contributed by atoms with Crippen LogP contribution in [0.3, 0.4) is 0 Å². The normalized spacial score (nSPS) is 10.2. The summed E-state index contributed by atoms with van der Waals surface area (Å²) in [5, 5.41) is 9.68. The van der Waals surface area contributed by atoms with Gasteiger partial charge in [0.1, 0.15) is 11.5 Å². The summed E-state index contributed by atoms with van der Waals surface area (Å²) in [6.45, 7) is 1.79. The second-order valence-corrected chi connectivity index (χ2v) is 4.56. The molecule has 1 amide bonds.